The topological polar surface area (TPSA) is 76.4 Å². The Kier molecular flexibility index (Phi) is 7.24. The van der Waals surface area contributed by atoms with E-state index in [1.54, 1.807) is 31.2 Å². The van der Waals surface area contributed by atoms with E-state index in [1.807, 2.05) is 38.1 Å². The number of benzene rings is 3. The molecular formula is C25H22ClNO4S. The number of hydrogen-bond donors (Lipinski definition) is 0. The molecule has 0 N–H and O–H groups in total. The Morgan fingerprint density at radius 2 is 1.62 bits per heavy atom. The summed E-state index contributed by atoms with van der Waals surface area (Å²) in [7, 11) is -4.11. The highest BCUT2D eigenvalue weighted by atomic mass is 35.5. The fraction of sp³-hybridized carbons (Fsp3) is 0.160. The molecule has 0 unspecified atom stereocenters. The molecule has 7 heteroatoms. The molecule has 3 aromatic rings. The van der Waals surface area contributed by atoms with Crippen LogP contribution in [-0.2, 0) is 10.1 Å². The van der Waals surface area contributed by atoms with Crippen molar-refractivity contribution in [2.45, 2.75) is 25.7 Å². The lowest BCUT2D eigenvalue weighted by molar-refractivity contribution is 0.327. The highest BCUT2D eigenvalue weighted by molar-refractivity contribution is 7.87. The van der Waals surface area contributed by atoms with Crippen LogP contribution in [0.2, 0.25) is 5.02 Å². The maximum absolute atomic E-state index is 12.8. The highest BCUT2D eigenvalue weighted by Gasteiger charge is 2.22. The Bertz CT molecular complexity index is 1290. The van der Waals surface area contributed by atoms with Crippen molar-refractivity contribution in [1.29, 1.82) is 5.26 Å². The number of rotatable bonds is 7. The van der Waals surface area contributed by atoms with Gasteiger partial charge in [0.1, 0.15) is 4.90 Å². The smallest absolute Gasteiger partial charge is 0.339 e. The zero-order valence-electron chi connectivity index (χ0n) is 17.9. The summed E-state index contributed by atoms with van der Waals surface area (Å²) in [6.07, 6.45) is 1.66. The van der Waals surface area contributed by atoms with Crippen LogP contribution in [0, 0.1) is 25.2 Å². The molecule has 0 aliphatic rings. The molecule has 0 radical (unpaired) electrons. The minimum absolute atomic E-state index is 0.0109. The van der Waals surface area contributed by atoms with Crippen LogP contribution in [0.4, 0.5) is 0 Å². The van der Waals surface area contributed by atoms with Gasteiger partial charge in [0.15, 0.2) is 5.75 Å². The van der Waals surface area contributed by atoms with E-state index in [0.717, 1.165) is 16.7 Å². The number of allylic oxidation sites excluding steroid dienone is 1. The van der Waals surface area contributed by atoms with Gasteiger partial charge in [0.05, 0.1) is 23.3 Å². The van der Waals surface area contributed by atoms with Gasteiger partial charge in [-0.05, 0) is 62.2 Å². The molecule has 0 atom stereocenters. The quantitative estimate of drug-likeness (QED) is 0.235. The van der Waals surface area contributed by atoms with Crippen molar-refractivity contribution in [3.63, 3.8) is 0 Å². The number of halogens is 1. The van der Waals surface area contributed by atoms with Gasteiger partial charge in [0.25, 0.3) is 0 Å². The maximum Gasteiger partial charge on any atom is 0.339 e. The summed E-state index contributed by atoms with van der Waals surface area (Å²) < 4.78 is 36.5. The molecule has 3 rings (SSSR count). The monoisotopic (exact) mass is 467 g/mol. The summed E-state index contributed by atoms with van der Waals surface area (Å²) in [6.45, 7) is 5.87. The first-order valence-electron chi connectivity index (χ1n) is 9.90. The lowest BCUT2D eigenvalue weighted by Gasteiger charge is -2.14. The average molecular weight is 468 g/mol. The summed E-state index contributed by atoms with van der Waals surface area (Å²) in [5.41, 5.74) is 3.79. The van der Waals surface area contributed by atoms with Crippen LogP contribution in [0.25, 0.3) is 11.6 Å². The molecule has 0 saturated heterocycles. The van der Waals surface area contributed by atoms with E-state index in [2.05, 4.69) is 6.07 Å². The zero-order valence-corrected chi connectivity index (χ0v) is 19.5. The lowest BCUT2D eigenvalue weighted by atomic mass is 10.0. The van der Waals surface area contributed by atoms with Crippen molar-refractivity contribution in [2.75, 3.05) is 6.61 Å². The SMILES string of the molecule is CCOc1cc(/C=C(\C#N)c2ccc(C)cc2)cc(Cl)c1OS(=O)(=O)c1ccc(C)cc1. The maximum atomic E-state index is 12.8. The summed E-state index contributed by atoms with van der Waals surface area (Å²) in [5.74, 6) is 0.0724. The summed E-state index contributed by atoms with van der Waals surface area (Å²) >= 11 is 6.40. The Balaban J connectivity index is 2.02. The lowest BCUT2D eigenvalue weighted by Crippen LogP contribution is -2.11. The second-order valence-electron chi connectivity index (χ2n) is 7.15. The van der Waals surface area contributed by atoms with Gasteiger partial charge in [-0.15, -0.1) is 0 Å². The second-order valence-corrected chi connectivity index (χ2v) is 9.10. The van der Waals surface area contributed by atoms with Crippen LogP contribution < -0.4 is 8.92 Å². The van der Waals surface area contributed by atoms with Crippen LogP contribution >= 0.6 is 11.6 Å². The van der Waals surface area contributed by atoms with Crippen LogP contribution in [0.5, 0.6) is 11.5 Å². The Labute approximate surface area is 193 Å². The van der Waals surface area contributed by atoms with Gasteiger partial charge in [0, 0.05) is 0 Å². The van der Waals surface area contributed by atoms with Crippen molar-refractivity contribution in [3.05, 3.63) is 87.9 Å². The molecule has 5 nitrogen and oxygen atoms in total. The average Bonchev–Trinajstić information content (AvgIpc) is 2.75. The molecule has 0 heterocycles. The third-order valence-corrected chi connectivity index (χ3v) is 6.14. The highest BCUT2D eigenvalue weighted by Crippen LogP contribution is 2.39. The second kappa shape index (κ2) is 9.90. The van der Waals surface area contributed by atoms with E-state index >= 15 is 0 Å². The number of aryl methyl sites for hydroxylation is 2. The number of nitrogens with zero attached hydrogens (tertiary/aromatic N) is 1. The summed E-state index contributed by atoms with van der Waals surface area (Å²) in [6, 6.07) is 19.2. The summed E-state index contributed by atoms with van der Waals surface area (Å²) in [4.78, 5) is 0.0109. The predicted molar refractivity (Wildman–Crippen MR) is 126 cm³/mol. The Morgan fingerprint density at radius 3 is 2.19 bits per heavy atom. The van der Waals surface area contributed by atoms with E-state index < -0.39 is 10.1 Å². The molecule has 0 bridgehead atoms. The van der Waals surface area contributed by atoms with E-state index in [0.29, 0.717) is 11.1 Å². The van der Waals surface area contributed by atoms with E-state index in [1.165, 1.54) is 18.2 Å². The van der Waals surface area contributed by atoms with Crippen LogP contribution in [0.15, 0.2) is 65.6 Å². The first kappa shape index (κ1) is 23.4. The van der Waals surface area contributed by atoms with Crippen molar-refractivity contribution < 1.29 is 17.3 Å². The Morgan fingerprint density at radius 1 is 1.03 bits per heavy atom. The molecule has 0 saturated carbocycles. The molecular weight excluding hydrogens is 446 g/mol. The fourth-order valence-electron chi connectivity index (χ4n) is 2.96. The third kappa shape index (κ3) is 5.50. The molecule has 0 fully saturated rings. The molecule has 32 heavy (non-hydrogen) atoms. The van der Waals surface area contributed by atoms with Gasteiger partial charge in [0.2, 0.25) is 5.75 Å². The van der Waals surface area contributed by atoms with Crippen molar-refractivity contribution in [2.24, 2.45) is 0 Å². The van der Waals surface area contributed by atoms with Gasteiger partial charge in [-0.1, -0.05) is 59.1 Å². The molecule has 0 aromatic heterocycles. The largest absolute Gasteiger partial charge is 0.490 e. The first-order valence-corrected chi connectivity index (χ1v) is 11.7. The van der Waals surface area contributed by atoms with Gasteiger partial charge in [-0.25, -0.2) is 0 Å². The first-order chi connectivity index (χ1) is 15.2. The predicted octanol–water partition coefficient (Wildman–Crippen LogP) is 6.19. The molecule has 0 aliphatic heterocycles. The number of ether oxygens (including phenoxy) is 1. The third-order valence-electron chi connectivity index (χ3n) is 4.63. The van der Waals surface area contributed by atoms with Gasteiger partial charge in [-0.2, -0.15) is 13.7 Å². The Hall–Kier alpha value is -3.27. The fourth-order valence-corrected chi connectivity index (χ4v) is 4.22. The van der Waals surface area contributed by atoms with Gasteiger partial charge in [-0.3, -0.25) is 0 Å². The minimum atomic E-state index is -4.11. The minimum Gasteiger partial charge on any atom is -0.490 e. The number of nitriles is 1. The molecule has 0 spiro atoms. The normalized spacial score (nSPS) is 11.7. The van der Waals surface area contributed by atoms with E-state index in [4.69, 9.17) is 20.5 Å². The number of hydrogen-bond acceptors (Lipinski definition) is 5. The zero-order chi connectivity index (χ0) is 23.3. The molecule has 0 amide bonds. The van der Waals surface area contributed by atoms with Gasteiger partial charge >= 0.3 is 10.1 Å². The van der Waals surface area contributed by atoms with Crippen LogP contribution in [0.1, 0.15) is 29.2 Å². The van der Waals surface area contributed by atoms with Crippen LogP contribution in [-0.4, -0.2) is 15.0 Å². The molecule has 3 aromatic carbocycles. The van der Waals surface area contributed by atoms with Crippen molar-refractivity contribution in [1.82, 2.24) is 0 Å². The van der Waals surface area contributed by atoms with Crippen LogP contribution in [0.3, 0.4) is 0 Å². The van der Waals surface area contributed by atoms with Crippen molar-refractivity contribution >= 4 is 33.4 Å². The molecule has 164 valence electrons. The van der Waals surface area contributed by atoms with E-state index in [-0.39, 0.29) is 28.0 Å². The summed E-state index contributed by atoms with van der Waals surface area (Å²) in [5, 5.41) is 9.67. The van der Waals surface area contributed by atoms with E-state index in [9.17, 15) is 13.7 Å². The standard InChI is InChI=1S/C25H22ClNO4S/c1-4-30-24-15-19(13-21(16-27)20-9-5-17(2)6-10-20)14-23(26)25(24)31-32(28,29)22-11-7-18(3)8-12-22/h5-15H,4H2,1-3H3/b21-13+. The van der Waals surface area contributed by atoms with Gasteiger partial charge < -0.3 is 8.92 Å². The molecule has 0 aliphatic carbocycles. The van der Waals surface area contributed by atoms with Crippen molar-refractivity contribution in [3.8, 4) is 17.6 Å².